The molecule has 9 heteroatoms. The number of nitro groups is 1. The molecule has 7 nitrogen and oxygen atoms in total. The monoisotopic (exact) mass is 387 g/mol. The van der Waals surface area contributed by atoms with Gasteiger partial charge in [-0.2, -0.15) is 0 Å². The summed E-state index contributed by atoms with van der Waals surface area (Å²) in [5.41, 5.74) is 0.221. The average molecular weight is 389 g/mol. The maximum atomic E-state index is 11.7. The Morgan fingerprint density at radius 3 is 2.73 bits per heavy atom. The molecule has 0 saturated heterocycles. The fourth-order valence-electron chi connectivity index (χ4n) is 1.70. The molecular weight excluding hydrogens is 378 g/mol. The van der Waals surface area contributed by atoms with Crippen LogP contribution in [-0.2, 0) is 0 Å². The molecule has 2 aromatic rings. The molecule has 1 amide bonds. The van der Waals surface area contributed by atoms with E-state index >= 15 is 0 Å². The standard InChI is InChI=1S/C13H11BrClN3O4/c14-12-4-3-11(22-12)13(19)17-6-5-16-9-2-1-8(15)7-10(9)18(20)21/h1-4,7,16H,5-6H2,(H,17,19). The molecule has 0 spiro atoms. The molecule has 1 aromatic carbocycles. The van der Waals surface area contributed by atoms with Gasteiger partial charge < -0.3 is 15.1 Å². The number of nitro benzene ring substituents is 1. The third-order valence-electron chi connectivity index (χ3n) is 2.68. The van der Waals surface area contributed by atoms with Crippen LogP contribution in [0, 0.1) is 10.1 Å². The van der Waals surface area contributed by atoms with Gasteiger partial charge in [-0.1, -0.05) is 11.6 Å². The molecule has 0 aliphatic carbocycles. The third kappa shape index (κ3) is 4.22. The molecule has 0 aliphatic rings. The van der Waals surface area contributed by atoms with E-state index in [1.807, 2.05) is 0 Å². The van der Waals surface area contributed by atoms with Crippen LogP contribution >= 0.6 is 27.5 Å². The van der Waals surface area contributed by atoms with Crippen molar-refractivity contribution >= 4 is 44.8 Å². The largest absolute Gasteiger partial charge is 0.444 e. The van der Waals surface area contributed by atoms with Gasteiger partial charge in [-0.05, 0) is 40.2 Å². The maximum absolute atomic E-state index is 11.7. The number of halogens is 2. The highest BCUT2D eigenvalue weighted by Gasteiger charge is 2.14. The summed E-state index contributed by atoms with van der Waals surface area (Å²) in [6.45, 7) is 0.590. The Balaban J connectivity index is 1.87. The summed E-state index contributed by atoms with van der Waals surface area (Å²) in [4.78, 5) is 22.1. The number of benzene rings is 1. The first-order valence-electron chi connectivity index (χ1n) is 6.18. The summed E-state index contributed by atoms with van der Waals surface area (Å²) in [5.74, 6) is -0.178. The number of nitrogens with one attached hydrogen (secondary N) is 2. The summed E-state index contributed by atoms with van der Waals surface area (Å²) >= 11 is 8.84. The molecule has 1 heterocycles. The second kappa shape index (κ2) is 7.28. The third-order valence-corrected chi connectivity index (χ3v) is 3.34. The predicted octanol–water partition coefficient (Wildman–Crippen LogP) is 3.45. The number of carbonyl (C=O) groups is 1. The summed E-state index contributed by atoms with van der Waals surface area (Å²) in [6, 6.07) is 7.49. The van der Waals surface area contributed by atoms with Gasteiger partial charge in [-0.15, -0.1) is 0 Å². The number of hydrogen-bond acceptors (Lipinski definition) is 5. The van der Waals surface area contributed by atoms with Gasteiger partial charge in [-0.3, -0.25) is 14.9 Å². The van der Waals surface area contributed by atoms with Crippen molar-refractivity contribution in [3.05, 3.63) is 55.9 Å². The Kier molecular flexibility index (Phi) is 5.40. The normalized spacial score (nSPS) is 10.3. The van der Waals surface area contributed by atoms with Crippen LogP contribution < -0.4 is 10.6 Å². The van der Waals surface area contributed by atoms with E-state index in [1.54, 1.807) is 12.1 Å². The second-order valence-corrected chi connectivity index (χ2v) is 5.42. The van der Waals surface area contributed by atoms with Crippen molar-refractivity contribution < 1.29 is 14.1 Å². The van der Waals surface area contributed by atoms with Crippen molar-refractivity contribution in [2.24, 2.45) is 0 Å². The van der Waals surface area contributed by atoms with Gasteiger partial charge in [0, 0.05) is 24.2 Å². The molecule has 0 unspecified atom stereocenters. The zero-order valence-electron chi connectivity index (χ0n) is 11.1. The number of anilines is 1. The van der Waals surface area contributed by atoms with Crippen LogP contribution in [0.15, 0.2) is 39.4 Å². The van der Waals surface area contributed by atoms with Crippen LogP contribution in [0.1, 0.15) is 10.6 Å². The fraction of sp³-hybridized carbons (Fsp3) is 0.154. The lowest BCUT2D eigenvalue weighted by Gasteiger charge is -2.08. The number of amides is 1. The first-order valence-corrected chi connectivity index (χ1v) is 7.36. The number of carbonyl (C=O) groups excluding carboxylic acids is 1. The smallest absolute Gasteiger partial charge is 0.293 e. The van der Waals surface area contributed by atoms with Gasteiger partial charge in [0.1, 0.15) is 5.69 Å². The predicted molar refractivity (Wildman–Crippen MR) is 85.3 cm³/mol. The molecule has 0 radical (unpaired) electrons. The topological polar surface area (TPSA) is 97.4 Å². The van der Waals surface area contributed by atoms with E-state index in [4.69, 9.17) is 16.0 Å². The fourth-order valence-corrected chi connectivity index (χ4v) is 2.17. The summed E-state index contributed by atoms with van der Waals surface area (Å²) in [6.07, 6.45) is 0. The molecule has 116 valence electrons. The second-order valence-electron chi connectivity index (χ2n) is 4.21. The highest BCUT2D eigenvalue weighted by atomic mass is 79.9. The zero-order chi connectivity index (χ0) is 16.1. The van der Waals surface area contributed by atoms with E-state index in [0.717, 1.165) is 0 Å². The van der Waals surface area contributed by atoms with Crippen molar-refractivity contribution in [1.82, 2.24) is 5.32 Å². The van der Waals surface area contributed by atoms with E-state index in [0.29, 0.717) is 16.9 Å². The minimum absolute atomic E-state index is 0.117. The maximum Gasteiger partial charge on any atom is 0.293 e. The quantitative estimate of drug-likeness (QED) is 0.449. The lowest BCUT2D eigenvalue weighted by Crippen LogP contribution is -2.28. The van der Waals surface area contributed by atoms with Crippen molar-refractivity contribution in [2.75, 3.05) is 18.4 Å². The SMILES string of the molecule is O=C(NCCNc1ccc(Cl)cc1[N+](=O)[O-])c1ccc(Br)o1. The van der Waals surface area contributed by atoms with Crippen LogP contribution in [0.3, 0.4) is 0 Å². The Bertz CT molecular complexity index is 704. The molecule has 0 aliphatic heterocycles. The minimum Gasteiger partial charge on any atom is -0.444 e. The van der Waals surface area contributed by atoms with Crippen LogP contribution in [0.25, 0.3) is 0 Å². The summed E-state index contributed by atoms with van der Waals surface area (Å²) in [7, 11) is 0. The highest BCUT2D eigenvalue weighted by molar-refractivity contribution is 9.10. The number of furan rings is 1. The molecule has 0 bridgehead atoms. The van der Waals surface area contributed by atoms with Gasteiger partial charge in [0.05, 0.1) is 4.92 Å². The highest BCUT2D eigenvalue weighted by Crippen LogP contribution is 2.27. The minimum atomic E-state index is -0.521. The van der Waals surface area contributed by atoms with Crippen molar-refractivity contribution in [3.63, 3.8) is 0 Å². The van der Waals surface area contributed by atoms with Gasteiger partial charge in [-0.25, -0.2) is 0 Å². The molecule has 1 aromatic heterocycles. The van der Waals surface area contributed by atoms with E-state index in [1.165, 1.54) is 18.2 Å². The van der Waals surface area contributed by atoms with Crippen LogP contribution in [-0.4, -0.2) is 23.9 Å². The molecule has 22 heavy (non-hydrogen) atoms. The lowest BCUT2D eigenvalue weighted by atomic mass is 10.2. The van der Waals surface area contributed by atoms with Crippen molar-refractivity contribution in [3.8, 4) is 0 Å². The van der Waals surface area contributed by atoms with Crippen molar-refractivity contribution in [1.29, 1.82) is 0 Å². The van der Waals surface area contributed by atoms with E-state index in [2.05, 4.69) is 26.6 Å². The Morgan fingerprint density at radius 1 is 1.32 bits per heavy atom. The number of hydrogen-bond donors (Lipinski definition) is 2. The van der Waals surface area contributed by atoms with Gasteiger partial charge in [0.2, 0.25) is 0 Å². The van der Waals surface area contributed by atoms with Gasteiger partial charge in [0.25, 0.3) is 11.6 Å². The Hall–Kier alpha value is -2.06. The van der Waals surface area contributed by atoms with E-state index in [9.17, 15) is 14.9 Å². The average Bonchev–Trinajstić information content (AvgIpc) is 2.91. The van der Waals surface area contributed by atoms with E-state index in [-0.39, 0.29) is 28.9 Å². The first kappa shape index (κ1) is 16.3. The molecule has 0 fully saturated rings. The number of nitrogens with zero attached hydrogens (tertiary/aromatic N) is 1. The van der Waals surface area contributed by atoms with Gasteiger partial charge >= 0.3 is 0 Å². The van der Waals surface area contributed by atoms with E-state index < -0.39 is 4.92 Å². The molecule has 0 saturated carbocycles. The Labute approximate surface area is 138 Å². The van der Waals surface area contributed by atoms with Crippen LogP contribution in [0.2, 0.25) is 5.02 Å². The zero-order valence-corrected chi connectivity index (χ0v) is 13.5. The van der Waals surface area contributed by atoms with Crippen molar-refractivity contribution in [2.45, 2.75) is 0 Å². The number of rotatable bonds is 6. The summed E-state index contributed by atoms with van der Waals surface area (Å²) in [5, 5.41) is 16.7. The first-order chi connectivity index (χ1) is 10.5. The molecule has 2 rings (SSSR count). The van der Waals surface area contributed by atoms with Crippen LogP contribution in [0.4, 0.5) is 11.4 Å². The van der Waals surface area contributed by atoms with Gasteiger partial charge in [0.15, 0.2) is 10.4 Å². The molecular formula is C13H11BrClN3O4. The molecule has 2 N–H and O–H groups in total. The van der Waals surface area contributed by atoms with Crippen LogP contribution in [0.5, 0.6) is 0 Å². The molecule has 0 atom stereocenters. The summed E-state index contributed by atoms with van der Waals surface area (Å²) < 4.78 is 5.57. The Morgan fingerprint density at radius 2 is 2.09 bits per heavy atom. The lowest BCUT2D eigenvalue weighted by molar-refractivity contribution is -0.383.